The highest BCUT2D eigenvalue weighted by molar-refractivity contribution is 5.77. The Labute approximate surface area is 72.4 Å². The van der Waals surface area contributed by atoms with E-state index >= 15 is 0 Å². The Kier molecular flexibility index (Phi) is 2.65. The minimum absolute atomic E-state index is 0.0449. The summed E-state index contributed by atoms with van der Waals surface area (Å²) >= 11 is 0. The highest BCUT2D eigenvalue weighted by atomic mass is 19.3. The number of hydrogen-bond acceptors (Lipinski definition) is 2. The highest BCUT2D eigenvalue weighted by Crippen LogP contribution is 2.23. The third-order valence-corrected chi connectivity index (χ3v) is 1.53. The van der Waals surface area contributed by atoms with Gasteiger partial charge in [-0.15, -0.1) is 0 Å². The van der Waals surface area contributed by atoms with Crippen molar-refractivity contribution in [1.29, 1.82) is 0 Å². The summed E-state index contributed by atoms with van der Waals surface area (Å²) in [6.45, 7) is 1.38. The topological polar surface area (TPSA) is 30.0 Å². The van der Waals surface area contributed by atoms with Gasteiger partial charge in [0.05, 0.1) is 5.56 Å². The number of aromatic nitrogens is 1. The molecule has 5 heteroatoms. The molecule has 0 aromatic carbocycles. The van der Waals surface area contributed by atoms with E-state index in [1.54, 1.807) is 0 Å². The van der Waals surface area contributed by atoms with Gasteiger partial charge >= 0.3 is 0 Å². The van der Waals surface area contributed by atoms with Crippen molar-refractivity contribution in [2.24, 2.45) is 0 Å². The van der Waals surface area contributed by atoms with Gasteiger partial charge < -0.3 is 0 Å². The quantitative estimate of drug-likeness (QED) is 0.527. The van der Waals surface area contributed by atoms with Crippen molar-refractivity contribution < 1.29 is 18.0 Å². The minimum Gasteiger partial charge on any atom is -0.298 e. The summed E-state index contributed by atoms with van der Waals surface area (Å²) in [6.07, 6.45) is -2.82. The van der Waals surface area contributed by atoms with Crippen molar-refractivity contribution in [3.63, 3.8) is 0 Å². The lowest BCUT2D eigenvalue weighted by atomic mass is 10.1. The molecule has 0 bridgehead atoms. The van der Waals surface area contributed by atoms with Gasteiger partial charge in [0, 0.05) is 11.3 Å². The molecule has 13 heavy (non-hydrogen) atoms. The fourth-order valence-electron chi connectivity index (χ4n) is 0.966. The molecule has 0 aliphatic heterocycles. The van der Waals surface area contributed by atoms with Crippen molar-refractivity contribution in [2.75, 3.05) is 0 Å². The Bertz CT molecular complexity index is 338. The van der Waals surface area contributed by atoms with E-state index in [9.17, 15) is 18.0 Å². The number of halogens is 3. The first-order chi connectivity index (χ1) is 6.06. The van der Waals surface area contributed by atoms with Crippen LogP contribution in [-0.2, 0) is 0 Å². The van der Waals surface area contributed by atoms with Crippen LogP contribution in [0.1, 0.15) is 28.0 Å². The molecule has 0 radical (unpaired) electrons. The van der Waals surface area contributed by atoms with E-state index in [0.717, 1.165) is 6.07 Å². The van der Waals surface area contributed by atoms with Gasteiger partial charge in [-0.2, -0.15) is 4.39 Å². The lowest BCUT2D eigenvalue weighted by Crippen LogP contribution is -2.02. The fourth-order valence-corrected chi connectivity index (χ4v) is 0.966. The molecule has 1 heterocycles. The van der Waals surface area contributed by atoms with E-state index in [0.29, 0.717) is 0 Å². The smallest absolute Gasteiger partial charge is 0.264 e. The zero-order valence-electron chi connectivity index (χ0n) is 6.72. The molecule has 2 nitrogen and oxygen atoms in total. The summed E-state index contributed by atoms with van der Waals surface area (Å²) in [5, 5.41) is 0. The molecule has 1 aromatic heterocycles. The fraction of sp³-hybridized carbons (Fsp3) is 0.250. The first-order valence-corrected chi connectivity index (χ1v) is 3.46. The van der Waals surface area contributed by atoms with Gasteiger partial charge in [0.1, 0.15) is 0 Å². The van der Waals surface area contributed by atoms with E-state index in [-0.39, 0.29) is 12.0 Å². The predicted octanol–water partition coefficient (Wildman–Crippen LogP) is 2.28. The molecule has 1 rings (SSSR count). The van der Waals surface area contributed by atoms with Crippen LogP contribution in [0.4, 0.5) is 13.2 Å². The number of aryl methyl sites for hydroxylation is 1. The maximum Gasteiger partial charge on any atom is 0.264 e. The monoisotopic (exact) mass is 189 g/mol. The van der Waals surface area contributed by atoms with E-state index in [1.165, 1.54) is 6.92 Å². The second-order valence-corrected chi connectivity index (χ2v) is 2.48. The Morgan fingerprint density at radius 1 is 1.54 bits per heavy atom. The van der Waals surface area contributed by atoms with Crippen LogP contribution in [0.15, 0.2) is 6.07 Å². The number of pyridine rings is 1. The van der Waals surface area contributed by atoms with Crippen molar-refractivity contribution in [1.82, 2.24) is 4.98 Å². The molecule has 0 aliphatic rings. The first kappa shape index (κ1) is 9.70. The van der Waals surface area contributed by atoms with E-state index in [2.05, 4.69) is 4.98 Å². The van der Waals surface area contributed by atoms with Gasteiger partial charge in [-0.25, -0.2) is 13.8 Å². The Hall–Kier alpha value is -1.39. The molecule has 0 aliphatic carbocycles. The Balaban J connectivity index is 3.38. The second-order valence-electron chi connectivity index (χ2n) is 2.48. The molecule has 0 atom stereocenters. The van der Waals surface area contributed by atoms with E-state index in [4.69, 9.17) is 0 Å². The molecule has 1 aromatic rings. The largest absolute Gasteiger partial charge is 0.298 e. The van der Waals surface area contributed by atoms with Crippen molar-refractivity contribution in [3.05, 3.63) is 28.8 Å². The molecular formula is C8H6F3NO. The lowest BCUT2D eigenvalue weighted by molar-refractivity contribution is 0.110. The van der Waals surface area contributed by atoms with Crippen LogP contribution in [0.2, 0.25) is 0 Å². The van der Waals surface area contributed by atoms with Gasteiger partial charge in [0.25, 0.3) is 6.43 Å². The van der Waals surface area contributed by atoms with Crippen LogP contribution in [0.3, 0.4) is 0 Å². The lowest BCUT2D eigenvalue weighted by Gasteiger charge is -2.04. The molecule has 0 fully saturated rings. The first-order valence-electron chi connectivity index (χ1n) is 3.46. The van der Waals surface area contributed by atoms with Gasteiger partial charge in [0.15, 0.2) is 6.29 Å². The zero-order valence-corrected chi connectivity index (χ0v) is 6.72. The number of alkyl halides is 2. The third-order valence-electron chi connectivity index (χ3n) is 1.53. The summed E-state index contributed by atoms with van der Waals surface area (Å²) in [5.74, 6) is -1.15. The number of nitrogens with zero attached hydrogens (tertiary/aromatic N) is 1. The summed E-state index contributed by atoms with van der Waals surface area (Å²) in [5.41, 5.74) is -1.15. The van der Waals surface area contributed by atoms with Crippen LogP contribution >= 0.6 is 0 Å². The SMILES string of the molecule is Cc1cc(C(F)F)c(C=O)c(F)n1. The molecule has 0 saturated carbocycles. The zero-order chi connectivity index (χ0) is 10.0. The number of rotatable bonds is 2. The van der Waals surface area contributed by atoms with Crippen LogP contribution in [0, 0.1) is 12.9 Å². The standard InChI is InChI=1S/C8H6F3NO/c1-4-2-5(7(9)10)6(3-13)8(11)12-4/h2-3,7H,1H3. The average Bonchev–Trinajstić information content (AvgIpc) is 2.02. The maximum absolute atomic E-state index is 12.8. The van der Waals surface area contributed by atoms with Crippen LogP contribution in [-0.4, -0.2) is 11.3 Å². The predicted molar refractivity (Wildman–Crippen MR) is 39.3 cm³/mol. The normalized spacial score (nSPS) is 10.5. The van der Waals surface area contributed by atoms with Crippen molar-refractivity contribution >= 4 is 6.29 Å². The average molecular weight is 189 g/mol. The summed E-state index contributed by atoms with van der Waals surface area (Å²) in [6, 6.07) is 0.998. The molecule has 0 spiro atoms. The number of carbonyl (C=O) groups is 1. The highest BCUT2D eigenvalue weighted by Gasteiger charge is 2.17. The Morgan fingerprint density at radius 2 is 2.15 bits per heavy atom. The van der Waals surface area contributed by atoms with E-state index in [1.807, 2.05) is 0 Å². The van der Waals surface area contributed by atoms with Gasteiger partial charge in [0.2, 0.25) is 5.95 Å². The second kappa shape index (κ2) is 3.55. The summed E-state index contributed by atoms with van der Waals surface area (Å²) in [7, 11) is 0. The molecule has 0 saturated heterocycles. The summed E-state index contributed by atoms with van der Waals surface area (Å²) < 4.78 is 37.2. The third kappa shape index (κ3) is 1.85. The molecule has 0 amide bonds. The van der Waals surface area contributed by atoms with Crippen LogP contribution < -0.4 is 0 Å². The maximum atomic E-state index is 12.8. The van der Waals surface area contributed by atoms with Crippen LogP contribution in [0.5, 0.6) is 0 Å². The number of hydrogen-bond donors (Lipinski definition) is 0. The van der Waals surface area contributed by atoms with Gasteiger partial charge in [-0.3, -0.25) is 4.79 Å². The van der Waals surface area contributed by atoms with Crippen LogP contribution in [0.25, 0.3) is 0 Å². The number of aldehydes is 1. The van der Waals surface area contributed by atoms with Crippen molar-refractivity contribution in [2.45, 2.75) is 13.3 Å². The molecule has 0 unspecified atom stereocenters. The Morgan fingerprint density at radius 3 is 2.62 bits per heavy atom. The molecule has 70 valence electrons. The minimum atomic E-state index is -2.86. The van der Waals surface area contributed by atoms with Gasteiger partial charge in [-0.05, 0) is 13.0 Å². The van der Waals surface area contributed by atoms with E-state index < -0.39 is 23.5 Å². The van der Waals surface area contributed by atoms with Crippen molar-refractivity contribution in [3.8, 4) is 0 Å². The molecular weight excluding hydrogens is 183 g/mol. The van der Waals surface area contributed by atoms with Gasteiger partial charge in [-0.1, -0.05) is 0 Å². The summed E-state index contributed by atoms with van der Waals surface area (Å²) in [4.78, 5) is 13.5. The molecule has 0 N–H and O–H groups in total. The number of carbonyl (C=O) groups excluding carboxylic acids is 1.